The number of rotatable bonds is 4. The van der Waals surface area contributed by atoms with E-state index >= 15 is 0 Å². The molecule has 0 unspecified atom stereocenters. The van der Waals surface area contributed by atoms with E-state index in [0.717, 1.165) is 0 Å². The first-order valence-electron chi connectivity index (χ1n) is 20.8. The Morgan fingerprint density at radius 3 is 1.28 bits per heavy atom. The minimum absolute atomic E-state index is 1.20. The first-order chi connectivity index (χ1) is 29.8. The Morgan fingerprint density at radius 1 is 0.233 bits per heavy atom. The number of hydrogen-bond acceptors (Lipinski definition) is 0. The maximum Gasteiger partial charge on any atom is 0.0619 e. The second-order valence-electron chi connectivity index (χ2n) is 16.0. The van der Waals surface area contributed by atoms with E-state index < -0.39 is 0 Å². The van der Waals surface area contributed by atoms with Gasteiger partial charge in [0.2, 0.25) is 0 Å². The molecule has 60 heavy (non-hydrogen) atoms. The van der Waals surface area contributed by atoms with Gasteiger partial charge in [-0.25, -0.2) is 0 Å². The molecule has 0 bridgehead atoms. The summed E-state index contributed by atoms with van der Waals surface area (Å²) in [6, 6.07) is 80.5. The van der Waals surface area contributed by atoms with Crippen LogP contribution < -0.4 is 0 Å². The Kier molecular flexibility index (Phi) is 7.05. The van der Waals surface area contributed by atoms with Gasteiger partial charge in [0.1, 0.15) is 0 Å². The molecule has 0 atom stereocenters. The van der Waals surface area contributed by atoms with E-state index in [-0.39, 0.29) is 0 Å². The van der Waals surface area contributed by atoms with Crippen LogP contribution in [0.4, 0.5) is 0 Å². The molecule has 2 nitrogen and oxygen atoms in total. The highest BCUT2D eigenvalue weighted by atomic mass is 15.0. The fourth-order valence-corrected chi connectivity index (χ4v) is 10.3. The van der Waals surface area contributed by atoms with Crippen molar-refractivity contribution in [1.29, 1.82) is 0 Å². The molecule has 2 heteroatoms. The molecular formula is C58H36N2. The second-order valence-corrected chi connectivity index (χ2v) is 16.0. The molecule has 0 aliphatic rings. The number of aromatic nitrogens is 2. The van der Waals surface area contributed by atoms with E-state index in [1.807, 2.05) is 0 Å². The van der Waals surface area contributed by atoms with E-state index in [4.69, 9.17) is 0 Å². The number of para-hydroxylation sites is 2. The molecular weight excluding hydrogens is 725 g/mol. The van der Waals surface area contributed by atoms with Crippen molar-refractivity contribution in [3.8, 4) is 33.6 Å². The molecule has 13 aromatic rings. The summed E-state index contributed by atoms with van der Waals surface area (Å²) in [4.78, 5) is 0. The van der Waals surface area contributed by atoms with Crippen LogP contribution in [0.1, 0.15) is 0 Å². The third-order valence-corrected chi connectivity index (χ3v) is 12.9. The smallest absolute Gasteiger partial charge is 0.0619 e. The molecule has 0 amide bonds. The summed E-state index contributed by atoms with van der Waals surface area (Å²) in [6.45, 7) is 0. The minimum Gasteiger partial charge on any atom is -0.309 e. The topological polar surface area (TPSA) is 9.86 Å². The minimum atomic E-state index is 1.20. The van der Waals surface area contributed by atoms with Crippen molar-refractivity contribution >= 4 is 86.7 Å². The van der Waals surface area contributed by atoms with Crippen molar-refractivity contribution in [2.75, 3.05) is 0 Å². The number of nitrogens with zero attached hydrogens (tertiary/aromatic N) is 2. The van der Waals surface area contributed by atoms with Gasteiger partial charge in [0, 0.05) is 37.7 Å². The highest BCUT2D eigenvalue weighted by Gasteiger charge is 2.21. The van der Waals surface area contributed by atoms with Gasteiger partial charge < -0.3 is 9.13 Å². The lowest BCUT2D eigenvalue weighted by molar-refractivity contribution is 1.20. The summed E-state index contributed by atoms with van der Waals surface area (Å²) in [5, 5.41) is 15.0. The highest BCUT2D eigenvalue weighted by Crippen LogP contribution is 2.45. The standard InChI is InChI=1S/C58H36N2/c1-2-16-37(17-3-1)57-46-24-8-10-26-48(46)58(49-27-11-9-25-47(49)57)60-53-29-15-13-23-45(53)51-35-39(31-33-55(51)60)38-30-32-54-50(34-38)44-22-12-14-28-52(44)59(54)56-36-40-18-4-5-19-41(40)42-20-6-7-21-43(42)56/h1-36H. The molecule has 0 fully saturated rings. The zero-order valence-corrected chi connectivity index (χ0v) is 32.7. The first kappa shape index (κ1) is 33.1. The van der Waals surface area contributed by atoms with Gasteiger partial charge in [0.25, 0.3) is 0 Å². The summed E-state index contributed by atoms with van der Waals surface area (Å²) in [5.41, 5.74) is 12.2. The van der Waals surface area contributed by atoms with Crippen LogP contribution in [0, 0.1) is 0 Å². The summed E-state index contributed by atoms with van der Waals surface area (Å²) in [5.74, 6) is 0. The summed E-state index contributed by atoms with van der Waals surface area (Å²) in [6.07, 6.45) is 0. The second kappa shape index (κ2) is 12.8. The summed E-state index contributed by atoms with van der Waals surface area (Å²) in [7, 11) is 0. The van der Waals surface area contributed by atoms with Crippen LogP contribution in [0.2, 0.25) is 0 Å². The third-order valence-electron chi connectivity index (χ3n) is 12.9. The van der Waals surface area contributed by atoms with Gasteiger partial charge in [-0.2, -0.15) is 0 Å². The van der Waals surface area contributed by atoms with Gasteiger partial charge in [-0.15, -0.1) is 0 Å². The molecule has 2 heterocycles. The van der Waals surface area contributed by atoms with Gasteiger partial charge in [-0.1, -0.05) is 176 Å². The van der Waals surface area contributed by atoms with Crippen LogP contribution in [0.3, 0.4) is 0 Å². The highest BCUT2D eigenvalue weighted by molar-refractivity contribution is 6.21. The first-order valence-corrected chi connectivity index (χ1v) is 20.8. The molecule has 278 valence electrons. The molecule has 0 spiro atoms. The van der Waals surface area contributed by atoms with Gasteiger partial charge in [-0.05, 0) is 91.6 Å². The van der Waals surface area contributed by atoms with E-state index in [1.165, 1.54) is 120 Å². The zero-order valence-electron chi connectivity index (χ0n) is 32.7. The van der Waals surface area contributed by atoms with Gasteiger partial charge in [-0.3, -0.25) is 0 Å². The Morgan fingerprint density at radius 2 is 0.667 bits per heavy atom. The van der Waals surface area contributed by atoms with Crippen LogP contribution in [0.5, 0.6) is 0 Å². The Labute approximate surface area is 346 Å². The molecule has 11 aromatic carbocycles. The molecule has 0 aliphatic carbocycles. The molecule has 0 saturated carbocycles. The Hall–Kier alpha value is -7.94. The van der Waals surface area contributed by atoms with Gasteiger partial charge in [0.05, 0.1) is 33.4 Å². The number of fused-ring (bicyclic) bond motifs is 11. The monoisotopic (exact) mass is 760 g/mol. The van der Waals surface area contributed by atoms with E-state index in [1.54, 1.807) is 0 Å². The maximum absolute atomic E-state index is 2.51. The molecule has 0 aliphatic heterocycles. The lowest BCUT2D eigenvalue weighted by Crippen LogP contribution is -1.99. The fraction of sp³-hybridized carbons (Fsp3) is 0. The van der Waals surface area contributed by atoms with Crippen molar-refractivity contribution in [2.45, 2.75) is 0 Å². The average molecular weight is 761 g/mol. The predicted molar refractivity (Wildman–Crippen MR) is 256 cm³/mol. The van der Waals surface area contributed by atoms with E-state index in [2.05, 4.69) is 228 Å². The predicted octanol–water partition coefficient (Wildman–Crippen LogP) is 15.8. The molecule has 0 radical (unpaired) electrons. The quantitative estimate of drug-likeness (QED) is 0.125. The van der Waals surface area contributed by atoms with Crippen molar-refractivity contribution < 1.29 is 0 Å². The van der Waals surface area contributed by atoms with Crippen LogP contribution in [-0.2, 0) is 0 Å². The molecule has 0 N–H and O–H groups in total. The van der Waals surface area contributed by atoms with Crippen molar-refractivity contribution in [3.63, 3.8) is 0 Å². The fourth-order valence-electron chi connectivity index (χ4n) is 10.3. The number of hydrogen-bond donors (Lipinski definition) is 0. The maximum atomic E-state index is 2.51. The third kappa shape index (κ3) is 4.70. The molecule has 13 rings (SSSR count). The molecule has 0 saturated heterocycles. The lowest BCUT2D eigenvalue weighted by Gasteiger charge is -2.19. The van der Waals surface area contributed by atoms with Crippen molar-refractivity contribution in [2.24, 2.45) is 0 Å². The van der Waals surface area contributed by atoms with E-state index in [9.17, 15) is 0 Å². The van der Waals surface area contributed by atoms with Crippen LogP contribution in [-0.4, -0.2) is 9.13 Å². The average Bonchev–Trinajstić information content (AvgIpc) is 3.82. The Balaban J connectivity index is 1.04. The zero-order chi connectivity index (χ0) is 39.3. The van der Waals surface area contributed by atoms with Crippen molar-refractivity contribution in [1.82, 2.24) is 9.13 Å². The van der Waals surface area contributed by atoms with E-state index in [0.29, 0.717) is 0 Å². The van der Waals surface area contributed by atoms with Crippen LogP contribution in [0.25, 0.3) is 120 Å². The lowest BCUT2D eigenvalue weighted by atomic mass is 9.90. The van der Waals surface area contributed by atoms with Crippen molar-refractivity contribution in [3.05, 3.63) is 218 Å². The summed E-state index contributed by atoms with van der Waals surface area (Å²) < 4.78 is 4.98. The molecule has 2 aromatic heterocycles. The summed E-state index contributed by atoms with van der Waals surface area (Å²) >= 11 is 0. The SMILES string of the molecule is c1ccc(-c2c3ccccc3c(-n3c4ccccc4c4cc(-c5ccc6c(c5)c5ccccc5n6-c5cc6ccccc6c6ccccc56)ccc43)c3ccccc23)cc1. The van der Waals surface area contributed by atoms with Crippen LogP contribution >= 0.6 is 0 Å². The number of benzene rings is 11. The largest absolute Gasteiger partial charge is 0.309 e. The Bertz CT molecular complexity index is 3830. The normalized spacial score (nSPS) is 12.0. The van der Waals surface area contributed by atoms with Crippen LogP contribution in [0.15, 0.2) is 218 Å². The van der Waals surface area contributed by atoms with Gasteiger partial charge >= 0.3 is 0 Å². The van der Waals surface area contributed by atoms with Gasteiger partial charge in [0.15, 0.2) is 0 Å².